The molecule has 0 bridgehead atoms. The minimum Gasteiger partial charge on any atom is -0.469 e. The van der Waals surface area contributed by atoms with Crippen LogP contribution in [0.3, 0.4) is 0 Å². The van der Waals surface area contributed by atoms with Gasteiger partial charge in [0.2, 0.25) is 0 Å². The molecule has 3 N–H and O–H groups in total. The van der Waals surface area contributed by atoms with Crippen LogP contribution in [0.25, 0.3) is 0 Å². The Kier molecular flexibility index (Phi) is 4.02. The van der Waals surface area contributed by atoms with Gasteiger partial charge in [0.05, 0.1) is 6.26 Å². The third kappa shape index (κ3) is 3.09. The molecule has 1 aliphatic carbocycles. The second kappa shape index (κ2) is 5.51. The normalized spacial score (nSPS) is 27.1. The molecule has 0 saturated heterocycles. The first-order chi connectivity index (χ1) is 7.75. The van der Waals surface area contributed by atoms with Crippen LogP contribution < -0.4 is 11.1 Å². The Bertz CT molecular complexity index is 297. The zero-order valence-electron chi connectivity index (χ0n) is 9.99. The van der Waals surface area contributed by atoms with Crippen molar-refractivity contribution in [1.82, 2.24) is 5.32 Å². The maximum atomic E-state index is 6.04. The number of hydrogen-bond donors (Lipinski definition) is 2. The maximum Gasteiger partial charge on any atom is 0.105 e. The van der Waals surface area contributed by atoms with Crippen LogP contribution in [0.15, 0.2) is 22.8 Å². The van der Waals surface area contributed by atoms with E-state index in [1.54, 1.807) is 6.26 Å². The summed E-state index contributed by atoms with van der Waals surface area (Å²) in [5.41, 5.74) is 6.04. The highest BCUT2D eigenvalue weighted by molar-refractivity contribution is 5.00. The molecule has 1 fully saturated rings. The van der Waals surface area contributed by atoms with Crippen molar-refractivity contribution in [3.8, 4) is 0 Å². The quantitative estimate of drug-likeness (QED) is 0.800. The zero-order valence-corrected chi connectivity index (χ0v) is 9.99. The largest absolute Gasteiger partial charge is 0.469 e. The summed E-state index contributed by atoms with van der Waals surface area (Å²) in [4.78, 5) is 0. The molecule has 1 aromatic rings. The Morgan fingerprint density at radius 3 is 3.06 bits per heavy atom. The highest BCUT2D eigenvalue weighted by atomic mass is 16.3. The minimum absolute atomic E-state index is 0.406. The van der Waals surface area contributed by atoms with E-state index in [1.165, 1.54) is 19.3 Å². The fraction of sp³-hybridized carbons (Fsp3) is 0.692. The lowest BCUT2D eigenvalue weighted by molar-refractivity contribution is 0.395. The minimum atomic E-state index is 0.406. The van der Waals surface area contributed by atoms with Gasteiger partial charge in [-0.2, -0.15) is 0 Å². The fourth-order valence-corrected chi connectivity index (χ4v) is 2.47. The predicted molar refractivity (Wildman–Crippen MR) is 65.2 cm³/mol. The van der Waals surface area contributed by atoms with E-state index in [0.29, 0.717) is 18.0 Å². The van der Waals surface area contributed by atoms with E-state index in [-0.39, 0.29) is 0 Å². The molecule has 0 aromatic carbocycles. The van der Waals surface area contributed by atoms with Gasteiger partial charge in [-0.25, -0.2) is 0 Å². The Labute approximate surface area is 97.4 Å². The van der Waals surface area contributed by atoms with Crippen LogP contribution >= 0.6 is 0 Å². The summed E-state index contributed by atoms with van der Waals surface area (Å²) in [6.07, 6.45) is 6.45. The van der Waals surface area contributed by atoms with Crippen LogP contribution in [0.1, 0.15) is 31.9 Å². The number of hydrogen-bond acceptors (Lipinski definition) is 3. The highest BCUT2D eigenvalue weighted by Gasteiger charge is 2.23. The van der Waals surface area contributed by atoms with E-state index in [0.717, 1.165) is 18.7 Å². The summed E-state index contributed by atoms with van der Waals surface area (Å²) in [6.45, 7) is 3.24. The van der Waals surface area contributed by atoms with Gasteiger partial charge in [-0.15, -0.1) is 0 Å². The summed E-state index contributed by atoms with van der Waals surface area (Å²) in [6, 6.07) is 4.83. The molecule has 0 amide bonds. The zero-order chi connectivity index (χ0) is 11.4. The van der Waals surface area contributed by atoms with E-state index in [1.807, 2.05) is 12.1 Å². The van der Waals surface area contributed by atoms with E-state index in [2.05, 4.69) is 12.2 Å². The van der Waals surface area contributed by atoms with Gasteiger partial charge in [0.15, 0.2) is 0 Å². The second-order valence-corrected chi connectivity index (χ2v) is 4.95. The van der Waals surface area contributed by atoms with Crippen molar-refractivity contribution < 1.29 is 4.42 Å². The lowest BCUT2D eigenvalue weighted by Crippen LogP contribution is -2.37. The average molecular weight is 222 g/mol. The number of nitrogens with two attached hydrogens (primary N) is 1. The number of furan rings is 1. The summed E-state index contributed by atoms with van der Waals surface area (Å²) < 4.78 is 5.33. The molecule has 90 valence electrons. The van der Waals surface area contributed by atoms with Gasteiger partial charge >= 0.3 is 0 Å². The fourth-order valence-electron chi connectivity index (χ4n) is 2.47. The van der Waals surface area contributed by atoms with E-state index in [9.17, 15) is 0 Å². The van der Waals surface area contributed by atoms with E-state index in [4.69, 9.17) is 10.2 Å². The molecule has 3 nitrogen and oxygen atoms in total. The van der Waals surface area contributed by atoms with Crippen LogP contribution in [0.2, 0.25) is 0 Å². The van der Waals surface area contributed by atoms with Gasteiger partial charge in [0, 0.05) is 18.5 Å². The summed E-state index contributed by atoms with van der Waals surface area (Å²) in [5.74, 6) is 1.72. The Morgan fingerprint density at radius 2 is 2.44 bits per heavy atom. The third-order valence-electron chi connectivity index (χ3n) is 3.53. The SMILES string of the molecule is CC(Cc1ccco1)NCC1CCCC1N. The molecule has 0 radical (unpaired) electrons. The standard InChI is InChI=1S/C13H22N2O/c1-10(8-12-5-3-7-16-12)15-9-11-4-2-6-13(11)14/h3,5,7,10-11,13,15H,2,4,6,8-9,14H2,1H3. The van der Waals surface area contributed by atoms with Gasteiger partial charge in [0.1, 0.15) is 5.76 Å². The van der Waals surface area contributed by atoms with Crippen molar-refractivity contribution in [3.63, 3.8) is 0 Å². The van der Waals surface area contributed by atoms with Gasteiger partial charge in [-0.3, -0.25) is 0 Å². The molecular formula is C13H22N2O. The van der Waals surface area contributed by atoms with Crippen molar-refractivity contribution in [2.24, 2.45) is 11.7 Å². The topological polar surface area (TPSA) is 51.2 Å². The molecule has 3 unspecified atom stereocenters. The molecule has 0 aliphatic heterocycles. The Balaban J connectivity index is 1.69. The highest BCUT2D eigenvalue weighted by Crippen LogP contribution is 2.23. The molecule has 1 saturated carbocycles. The predicted octanol–water partition coefficient (Wildman–Crippen LogP) is 1.93. The molecule has 3 atom stereocenters. The van der Waals surface area contributed by atoms with Gasteiger partial charge in [-0.05, 0) is 44.4 Å². The first-order valence-electron chi connectivity index (χ1n) is 6.27. The molecule has 1 aliphatic rings. The van der Waals surface area contributed by atoms with Crippen molar-refractivity contribution in [2.45, 2.75) is 44.7 Å². The molecule has 3 heteroatoms. The van der Waals surface area contributed by atoms with Crippen molar-refractivity contribution in [2.75, 3.05) is 6.54 Å². The number of rotatable bonds is 5. The average Bonchev–Trinajstić information content (AvgIpc) is 2.87. The first kappa shape index (κ1) is 11.7. The molecule has 1 heterocycles. The molecule has 1 aromatic heterocycles. The molecule has 16 heavy (non-hydrogen) atoms. The van der Waals surface area contributed by atoms with Crippen molar-refractivity contribution >= 4 is 0 Å². The molecular weight excluding hydrogens is 200 g/mol. The van der Waals surface area contributed by atoms with E-state index >= 15 is 0 Å². The monoisotopic (exact) mass is 222 g/mol. The van der Waals surface area contributed by atoms with Crippen LogP contribution in [-0.4, -0.2) is 18.6 Å². The molecule has 2 rings (SSSR count). The first-order valence-corrected chi connectivity index (χ1v) is 6.27. The van der Waals surface area contributed by atoms with Gasteiger partial charge < -0.3 is 15.5 Å². The summed E-state index contributed by atoms with van der Waals surface area (Å²) in [7, 11) is 0. The van der Waals surface area contributed by atoms with Gasteiger partial charge in [-0.1, -0.05) is 6.42 Å². The lowest BCUT2D eigenvalue weighted by Gasteiger charge is -2.19. The second-order valence-electron chi connectivity index (χ2n) is 4.95. The van der Waals surface area contributed by atoms with Crippen LogP contribution in [0.5, 0.6) is 0 Å². The van der Waals surface area contributed by atoms with Gasteiger partial charge in [0.25, 0.3) is 0 Å². The summed E-state index contributed by atoms with van der Waals surface area (Å²) >= 11 is 0. The Hall–Kier alpha value is -0.800. The maximum absolute atomic E-state index is 6.04. The van der Waals surface area contributed by atoms with Crippen LogP contribution in [-0.2, 0) is 6.42 Å². The van der Waals surface area contributed by atoms with Crippen LogP contribution in [0.4, 0.5) is 0 Å². The third-order valence-corrected chi connectivity index (χ3v) is 3.53. The van der Waals surface area contributed by atoms with Crippen LogP contribution in [0, 0.1) is 5.92 Å². The van der Waals surface area contributed by atoms with Crippen molar-refractivity contribution in [3.05, 3.63) is 24.2 Å². The summed E-state index contributed by atoms with van der Waals surface area (Å²) in [5, 5.41) is 3.55. The molecule has 0 spiro atoms. The van der Waals surface area contributed by atoms with E-state index < -0.39 is 0 Å². The smallest absolute Gasteiger partial charge is 0.105 e. The number of nitrogens with one attached hydrogen (secondary N) is 1. The van der Waals surface area contributed by atoms with Crippen molar-refractivity contribution in [1.29, 1.82) is 0 Å². The Morgan fingerprint density at radius 1 is 1.56 bits per heavy atom. The lowest BCUT2D eigenvalue weighted by atomic mass is 10.0.